The third-order valence-electron chi connectivity index (χ3n) is 10.5. The van der Waals surface area contributed by atoms with Crippen LogP contribution in [0.15, 0.2) is 18.2 Å². The Hall–Kier alpha value is -4.11. The van der Waals surface area contributed by atoms with Gasteiger partial charge in [0.2, 0.25) is 12.4 Å². The van der Waals surface area contributed by atoms with Crippen LogP contribution in [0.25, 0.3) is 0 Å². The molecule has 1 aliphatic heterocycles. The Labute approximate surface area is 274 Å². The average molecular weight is 655 g/mol. The molecule has 47 heavy (non-hydrogen) atoms. The maximum Gasteiger partial charge on any atom is 0.339 e. The van der Waals surface area contributed by atoms with Gasteiger partial charge in [0.15, 0.2) is 23.9 Å². The molecule has 0 spiro atoms. The molecule has 0 N–H and O–H groups in total. The molecule has 12 heteroatoms. The van der Waals surface area contributed by atoms with Crippen LogP contribution < -0.4 is 4.74 Å². The number of rotatable bonds is 7. The van der Waals surface area contributed by atoms with E-state index in [9.17, 15) is 24.0 Å². The number of benzene rings is 1. The van der Waals surface area contributed by atoms with Crippen molar-refractivity contribution >= 4 is 29.8 Å². The van der Waals surface area contributed by atoms with Gasteiger partial charge >= 0.3 is 29.8 Å². The molecule has 1 aromatic rings. The van der Waals surface area contributed by atoms with Crippen molar-refractivity contribution in [2.75, 3.05) is 7.11 Å². The van der Waals surface area contributed by atoms with Gasteiger partial charge in [-0.3, -0.25) is 19.2 Å². The Morgan fingerprint density at radius 1 is 0.872 bits per heavy atom. The van der Waals surface area contributed by atoms with Gasteiger partial charge in [-0.15, -0.1) is 6.42 Å². The molecule has 254 valence electrons. The number of fused-ring (bicyclic) bond motifs is 5. The first-order valence-electron chi connectivity index (χ1n) is 16.0. The Balaban J connectivity index is 1.42. The summed E-state index contributed by atoms with van der Waals surface area (Å²) in [7, 11) is 1.13. The molecular formula is C35H42O12. The van der Waals surface area contributed by atoms with E-state index < -0.39 is 60.2 Å². The minimum absolute atomic E-state index is 0.290. The number of hydrogen-bond acceptors (Lipinski definition) is 12. The molecule has 0 bridgehead atoms. The van der Waals surface area contributed by atoms with E-state index in [-0.39, 0.29) is 17.3 Å². The van der Waals surface area contributed by atoms with Crippen LogP contribution in [0.2, 0.25) is 0 Å². The minimum atomic E-state index is -1.55. The Bertz CT molecular complexity index is 1480. The smallest absolute Gasteiger partial charge is 0.339 e. The number of esters is 5. The molecule has 10 atom stereocenters. The minimum Gasteiger partial charge on any atom is -0.467 e. The quantitative estimate of drug-likeness (QED) is 0.240. The lowest BCUT2D eigenvalue weighted by atomic mass is 9.53. The molecule has 5 rings (SSSR count). The molecule has 1 aromatic carbocycles. The van der Waals surface area contributed by atoms with Gasteiger partial charge in [-0.05, 0) is 79.5 Å². The summed E-state index contributed by atoms with van der Waals surface area (Å²) in [5.41, 5.74) is 1.10. The van der Waals surface area contributed by atoms with E-state index in [4.69, 9.17) is 39.6 Å². The summed E-state index contributed by atoms with van der Waals surface area (Å²) < 4.78 is 39.1. The van der Waals surface area contributed by atoms with Crippen molar-refractivity contribution in [3.05, 3.63) is 29.3 Å². The predicted octanol–water partition coefficient (Wildman–Crippen LogP) is 3.55. The summed E-state index contributed by atoms with van der Waals surface area (Å²) in [6, 6.07) is 5.71. The lowest BCUT2D eigenvalue weighted by molar-refractivity contribution is -0.282. The highest BCUT2D eigenvalue weighted by Gasteiger charge is 2.63. The predicted molar refractivity (Wildman–Crippen MR) is 162 cm³/mol. The fourth-order valence-electron chi connectivity index (χ4n) is 8.62. The number of carbonyl (C=O) groups excluding carboxylic acids is 5. The van der Waals surface area contributed by atoms with E-state index in [0.29, 0.717) is 24.0 Å². The van der Waals surface area contributed by atoms with Gasteiger partial charge in [-0.2, -0.15) is 0 Å². The average Bonchev–Trinajstić information content (AvgIpc) is 3.30. The first-order valence-corrected chi connectivity index (χ1v) is 16.0. The van der Waals surface area contributed by atoms with Crippen molar-refractivity contribution in [3.63, 3.8) is 0 Å². The highest BCUT2D eigenvalue weighted by atomic mass is 16.7. The van der Waals surface area contributed by atoms with E-state index in [2.05, 4.69) is 12.8 Å². The summed E-state index contributed by atoms with van der Waals surface area (Å²) in [6.45, 7) is 6.99. The van der Waals surface area contributed by atoms with Crippen LogP contribution in [0.3, 0.4) is 0 Å². The lowest BCUT2D eigenvalue weighted by Crippen LogP contribution is -2.64. The van der Waals surface area contributed by atoms with Crippen molar-refractivity contribution in [3.8, 4) is 18.1 Å². The van der Waals surface area contributed by atoms with Gasteiger partial charge in [0.05, 0.1) is 7.11 Å². The second kappa shape index (κ2) is 13.2. The first-order chi connectivity index (χ1) is 22.2. The third kappa shape index (κ3) is 6.30. The Morgan fingerprint density at radius 2 is 1.53 bits per heavy atom. The molecule has 12 nitrogen and oxygen atoms in total. The largest absolute Gasteiger partial charge is 0.467 e. The van der Waals surface area contributed by atoms with Gasteiger partial charge in [0, 0.05) is 33.1 Å². The Morgan fingerprint density at radius 3 is 2.15 bits per heavy atom. The fraction of sp³-hybridized carbons (Fsp3) is 0.629. The summed E-state index contributed by atoms with van der Waals surface area (Å²) in [6.07, 6.45) is 3.68. The van der Waals surface area contributed by atoms with Crippen molar-refractivity contribution in [2.45, 2.75) is 115 Å². The van der Waals surface area contributed by atoms with Crippen molar-refractivity contribution < 1.29 is 57.1 Å². The number of hydrogen-bond donors (Lipinski definition) is 0. The third-order valence-corrected chi connectivity index (χ3v) is 10.5. The van der Waals surface area contributed by atoms with Crippen LogP contribution in [0.4, 0.5) is 0 Å². The molecule has 1 saturated heterocycles. The molecule has 2 saturated carbocycles. The SMILES string of the molecule is C#C[C@]1(OC(C)=O)CC[C@H]2[C@@H]3CCc4cc(O[C@@H]5O[C@@H](C(=O)OC)[C@@H](OC(C)=O)[C@H](OC(C)=O)[C@@H]5OC(C)=O)ccc4[C@H]3CC[C@@]21C. The zero-order valence-electron chi connectivity index (χ0n) is 27.6. The molecule has 0 amide bonds. The molecule has 0 aromatic heterocycles. The number of methoxy groups -OCH3 is 1. The number of ether oxygens (including phenoxy) is 7. The molecule has 4 aliphatic rings. The van der Waals surface area contributed by atoms with Gasteiger partial charge in [0.25, 0.3) is 0 Å². The molecule has 0 unspecified atom stereocenters. The fourth-order valence-corrected chi connectivity index (χ4v) is 8.62. The van der Waals surface area contributed by atoms with Crippen LogP contribution in [0, 0.1) is 29.6 Å². The normalized spacial score (nSPS) is 35.4. The number of aryl methyl sites for hydroxylation is 1. The molecule has 0 radical (unpaired) electrons. The lowest BCUT2D eigenvalue weighted by Gasteiger charge is -2.52. The standard InChI is InChI=1S/C35H42O12/c1-8-35(47-21(5)39)16-14-27-26-11-9-22-17-23(10-12-24(22)25(26)13-15-34(27,35)6)45-33-31(44-20(4)38)29(43-19(3)37)28(42-18(2)36)30(46-33)32(40)41-7/h1,10,12,17,25-31,33H,9,11,13-16H2,2-7H3/t25-,26-,27+,28+,29+,30-,31+,33-,34+,35+/m1/s1. The number of terminal acetylenes is 1. The summed E-state index contributed by atoms with van der Waals surface area (Å²) in [5, 5.41) is 0. The maximum absolute atomic E-state index is 12.8. The van der Waals surface area contributed by atoms with E-state index in [1.54, 1.807) is 6.07 Å². The number of carbonyl (C=O) groups is 5. The molecule has 3 fully saturated rings. The summed E-state index contributed by atoms with van der Waals surface area (Å²) >= 11 is 0. The second-order valence-corrected chi connectivity index (χ2v) is 13.1. The van der Waals surface area contributed by atoms with E-state index >= 15 is 0 Å². The van der Waals surface area contributed by atoms with Crippen LogP contribution >= 0.6 is 0 Å². The maximum atomic E-state index is 12.8. The van der Waals surface area contributed by atoms with Crippen LogP contribution in [0.1, 0.15) is 83.8 Å². The van der Waals surface area contributed by atoms with Crippen molar-refractivity contribution in [1.29, 1.82) is 0 Å². The second-order valence-electron chi connectivity index (χ2n) is 13.1. The molecule has 1 heterocycles. The zero-order chi connectivity index (χ0) is 34.3. The van der Waals surface area contributed by atoms with E-state index in [1.807, 2.05) is 12.1 Å². The monoisotopic (exact) mass is 654 g/mol. The zero-order valence-corrected chi connectivity index (χ0v) is 27.6. The van der Waals surface area contributed by atoms with E-state index in [0.717, 1.165) is 65.5 Å². The van der Waals surface area contributed by atoms with E-state index in [1.165, 1.54) is 12.5 Å². The first kappa shape index (κ1) is 34.2. The van der Waals surface area contributed by atoms with Gasteiger partial charge in [-0.25, -0.2) is 4.79 Å². The molecule has 3 aliphatic carbocycles. The van der Waals surface area contributed by atoms with Crippen molar-refractivity contribution in [1.82, 2.24) is 0 Å². The van der Waals surface area contributed by atoms with Gasteiger partial charge in [-0.1, -0.05) is 18.9 Å². The summed E-state index contributed by atoms with van der Waals surface area (Å²) in [5.74, 6) is 0.676. The van der Waals surface area contributed by atoms with Crippen LogP contribution in [-0.2, 0) is 58.8 Å². The van der Waals surface area contributed by atoms with Gasteiger partial charge in [0.1, 0.15) is 5.75 Å². The van der Waals surface area contributed by atoms with Crippen molar-refractivity contribution in [2.24, 2.45) is 17.3 Å². The van der Waals surface area contributed by atoms with Gasteiger partial charge < -0.3 is 33.2 Å². The summed E-state index contributed by atoms with van der Waals surface area (Å²) in [4.78, 5) is 61.1. The van der Waals surface area contributed by atoms with Crippen LogP contribution in [0.5, 0.6) is 5.75 Å². The highest BCUT2D eigenvalue weighted by molar-refractivity contribution is 5.77. The topological polar surface area (TPSA) is 150 Å². The van der Waals surface area contributed by atoms with Crippen LogP contribution in [-0.4, -0.2) is 73.3 Å². The Kier molecular flexibility index (Phi) is 9.60. The molecular weight excluding hydrogens is 612 g/mol. The highest BCUT2D eigenvalue weighted by Crippen LogP contribution is 2.65.